The Morgan fingerprint density at radius 3 is 1.35 bits per heavy atom. The quantitative estimate of drug-likeness (QED) is 0.243. The van der Waals surface area contributed by atoms with Gasteiger partial charge in [-0.3, -0.25) is 0 Å². The lowest BCUT2D eigenvalue weighted by atomic mass is 10.2. The van der Waals surface area contributed by atoms with Crippen molar-refractivity contribution >= 4 is 41.1 Å². The maximum Gasteiger partial charge on any atom is 0.417 e. The molecule has 0 unspecified atom stereocenters. The first-order valence-electron chi connectivity index (χ1n) is 6.32. The largest absolute Gasteiger partial charge is 0.417 e. The standard InChI is InChI=1S/C15H10F6IP/c16-14(17,18)10-5-1-3-7-12(10)23(9-22)13-8-4-2-6-11(13)15(19,20)21/h1-8H,9H2. The van der Waals surface area contributed by atoms with E-state index in [4.69, 9.17) is 0 Å². The molecule has 0 atom stereocenters. The van der Waals surface area contributed by atoms with Crippen LogP contribution >= 0.6 is 30.5 Å². The van der Waals surface area contributed by atoms with Gasteiger partial charge in [-0.1, -0.05) is 59.0 Å². The first kappa shape index (κ1) is 18.5. The summed E-state index contributed by atoms with van der Waals surface area (Å²) in [7, 11) is -1.77. The van der Waals surface area contributed by atoms with Crippen LogP contribution < -0.4 is 10.6 Å². The zero-order chi connectivity index (χ0) is 17.3. The molecule has 0 aromatic heterocycles. The van der Waals surface area contributed by atoms with E-state index in [-0.39, 0.29) is 14.8 Å². The number of halogens is 7. The van der Waals surface area contributed by atoms with Gasteiger partial charge in [-0.2, -0.15) is 26.3 Å². The second-order valence-corrected chi connectivity index (χ2v) is 8.68. The summed E-state index contributed by atoms with van der Waals surface area (Å²) in [6.07, 6.45) is -9.20. The lowest BCUT2D eigenvalue weighted by Crippen LogP contribution is -2.26. The van der Waals surface area contributed by atoms with Gasteiger partial charge in [0, 0.05) is 4.17 Å². The Bertz CT molecular complexity index is 623. The molecule has 0 aliphatic rings. The third kappa shape index (κ3) is 4.18. The van der Waals surface area contributed by atoms with Crippen LogP contribution in [0.2, 0.25) is 0 Å². The summed E-state index contributed by atoms with van der Waals surface area (Å²) in [5, 5.41) is -0.165. The molecule has 0 amide bonds. The van der Waals surface area contributed by atoms with Gasteiger partial charge >= 0.3 is 12.4 Å². The van der Waals surface area contributed by atoms with Crippen LogP contribution in [0.25, 0.3) is 0 Å². The van der Waals surface area contributed by atoms with E-state index >= 15 is 0 Å². The minimum Gasteiger partial charge on any atom is -0.166 e. The zero-order valence-corrected chi connectivity index (χ0v) is 14.5. The number of hydrogen-bond acceptors (Lipinski definition) is 0. The highest BCUT2D eigenvalue weighted by Gasteiger charge is 2.38. The normalized spacial score (nSPS) is 12.7. The topological polar surface area (TPSA) is 0 Å². The van der Waals surface area contributed by atoms with Crippen LogP contribution in [0.1, 0.15) is 11.1 Å². The SMILES string of the molecule is FC(F)(F)c1ccccc1P(CI)c1ccccc1C(F)(F)F. The van der Waals surface area contributed by atoms with Crippen molar-refractivity contribution in [3.05, 3.63) is 59.7 Å². The van der Waals surface area contributed by atoms with Crippen molar-refractivity contribution in [3.8, 4) is 0 Å². The van der Waals surface area contributed by atoms with Gasteiger partial charge in [0.05, 0.1) is 11.1 Å². The minimum absolute atomic E-state index is 0.0823. The molecule has 23 heavy (non-hydrogen) atoms. The Morgan fingerprint density at radius 2 is 1.04 bits per heavy atom. The van der Waals surface area contributed by atoms with E-state index in [2.05, 4.69) is 0 Å². The van der Waals surface area contributed by atoms with Gasteiger partial charge in [0.15, 0.2) is 0 Å². The van der Waals surface area contributed by atoms with Crippen molar-refractivity contribution in [2.24, 2.45) is 0 Å². The van der Waals surface area contributed by atoms with Crippen molar-refractivity contribution in [1.29, 1.82) is 0 Å². The number of hydrogen-bond donors (Lipinski definition) is 0. The summed E-state index contributed by atoms with van der Waals surface area (Å²) in [6, 6.07) is 9.66. The summed E-state index contributed by atoms with van der Waals surface area (Å²) in [6.45, 7) is 0. The molecule has 0 nitrogen and oxygen atoms in total. The highest BCUT2D eigenvalue weighted by Crippen LogP contribution is 2.44. The van der Waals surface area contributed by atoms with Crippen LogP contribution in [0.3, 0.4) is 0 Å². The highest BCUT2D eigenvalue weighted by atomic mass is 127. The summed E-state index contributed by atoms with van der Waals surface area (Å²) < 4.78 is 79.2. The second-order valence-electron chi connectivity index (χ2n) is 4.58. The fourth-order valence-corrected chi connectivity index (χ4v) is 6.39. The molecule has 0 spiro atoms. The smallest absolute Gasteiger partial charge is 0.166 e. The predicted octanol–water partition coefficient (Wildman–Crippen LogP) is 5.55. The Hall–Kier alpha value is -0.820. The van der Waals surface area contributed by atoms with Crippen molar-refractivity contribution in [2.75, 3.05) is 4.17 Å². The van der Waals surface area contributed by atoms with Gasteiger partial charge in [-0.05, 0) is 30.7 Å². The van der Waals surface area contributed by atoms with Crippen LogP contribution in [0.4, 0.5) is 26.3 Å². The van der Waals surface area contributed by atoms with Crippen LogP contribution in [0, 0.1) is 0 Å². The van der Waals surface area contributed by atoms with E-state index in [1.165, 1.54) is 36.4 Å². The molecule has 0 aliphatic heterocycles. The number of benzene rings is 2. The second kappa shape index (κ2) is 6.97. The third-order valence-corrected chi connectivity index (χ3v) is 7.35. The lowest BCUT2D eigenvalue weighted by Gasteiger charge is -2.23. The lowest BCUT2D eigenvalue weighted by molar-refractivity contribution is -0.137. The van der Waals surface area contributed by atoms with E-state index in [9.17, 15) is 26.3 Å². The summed E-state index contributed by atoms with van der Waals surface area (Å²) in [5.74, 6) is 0. The molecular formula is C15H10F6IP. The molecule has 0 saturated carbocycles. The van der Waals surface area contributed by atoms with Crippen LogP contribution in [-0.2, 0) is 12.4 Å². The zero-order valence-electron chi connectivity index (χ0n) is 11.4. The Balaban J connectivity index is 2.64. The Labute approximate surface area is 143 Å². The first-order chi connectivity index (χ1) is 10.7. The Morgan fingerprint density at radius 1 is 0.696 bits per heavy atom. The third-order valence-electron chi connectivity index (χ3n) is 3.12. The molecule has 0 aliphatic carbocycles. The summed E-state index contributed by atoms with van der Waals surface area (Å²) >= 11 is 1.84. The van der Waals surface area contributed by atoms with Gasteiger partial charge in [-0.25, -0.2) is 0 Å². The van der Waals surface area contributed by atoms with Crippen LogP contribution in [-0.4, -0.2) is 4.17 Å². The van der Waals surface area contributed by atoms with Crippen molar-refractivity contribution in [1.82, 2.24) is 0 Å². The van der Waals surface area contributed by atoms with Gasteiger partial charge in [0.1, 0.15) is 0 Å². The van der Waals surface area contributed by atoms with Gasteiger partial charge in [0.25, 0.3) is 0 Å². The predicted molar refractivity (Wildman–Crippen MR) is 88.0 cm³/mol. The summed E-state index contributed by atoms with van der Waals surface area (Å²) in [4.78, 5) is 0. The van der Waals surface area contributed by atoms with E-state index in [0.29, 0.717) is 0 Å². The first-order valence-corrected chi connectivity index (χ1v) is 9.37. The molecule has 2 aromatic carbocycles. The van der Waals surface area contributed by atoms with Crippen LogP contribution in [0.15, 0.2) is 48.5 Å². The van der Waals surface area contributed by atoms with Gasteiger partial charge < -0.3 is 0 Å². The van der Waals surface area contributed by atoms with Crippen molar-refractivity contribution < 1.29 is 26.3 Å². The van der Waals surface area contributed by atoms with E-state index < -0.39 is 31.4 Å². The molecular weight excluding hydrogens is 452 g/mol. The van der Waals surface area contributed by atoms with E-state index in [1.807, 2.05) is 22.6 Å². The van der Waals surface area contributed by atoms with Crippen LogP contribution in [0.5, 0.6) is 0 Å². The van der Waals surface area contributed by atoms with E-state index in [1.54, 1.807) is 0 Å². The molecule has 0 saturated heterocycles. The summed E-state index contributed by atoms with van der Waals surface area (Å²) in [5.41, 5.74) is -1.75. The average molecular weight is 462 g/mol. The number of rotatable bonds is 3. The molecule has 124 valence electrons. The minimum atomic E-state index is -4.60. The molecule has 0 fully saturated rings. The maximum absolute atomic E-state index is 13.2. The average Bonchev–Trinajstić information content (AvgIpc) is 2.47. The molecule has 0 heterocycles. The Kier molecular flexibility index (Phi) is 5.61. The van der Waals surface area contributed by atoms with Crippen molar-refractivity contribution in [3.63, 3.8) is 0 Å². The molecule has 2 rings (SSSR count). The molecule has 0 N–H and O–H groups in total. The van der Waals surface area contributed by atoms with E-state index in [0.717, 1.165) is 12.1 Å². The fourth-order valence-electron chi connectivity index (χ4n) is 2.16. The maximum atomic E-state index is 13.2. The monoisotopic (exact) mass is 462 g/mol. The highest BCUT2D eigenvalue weighted by molar-refractivity contribution is 14.1. The van der Waals surface area contributed by atoms with Gasteiger partial charge in [0.2, 0.25) is 0 Å². The molecule has 0 bridgehead atoms. The van der Waals surface area contributed by atoms with Crippen molar-refractivity contribution in [2.45, 2.75) is 12.4 Å². The molecule has 0 radical (unpaired) electrons. The fraction of sp³-hybridized carbons (Fsp3) is 0.200. The van der Waals surface area contributed by atoms with Gasteiger partial charge in [-0.15, -0.1) is 0 Å². The molecule has 2 aromatic rings. The molecule has 8 heteroatoms. The number of alkyl halides is 7.